The van der Waals surface area contributed by atoms with Crippen molar-refractivity contribution in [2.75, 3.05) is 0 Å². The SMILES string of the molecule is CC1(C)C=Cc2c(cc(O)c3c(=O)cc(-c4ccc(O)c(O)c4)oc23)O1. The molecule has 1 aromatic heterocycles. The van der Waals surface area contributed by atoms with Crippen LogP contribution < -0.4 is 10.2 Å². The van der Waals surface area contributed by atoms with E-state index in [0.717, 1.165) is 0 Å². The molecule has 1 aliphatic heterocycles. The molecule has 0 aliphatic carbocycles. The van der Waals surface area contributed by atoms with Crippen LogP contribution in [0, 0.1) is 0 Å². The molecule has 6 nitrogen and oxygen atoms in total. The zero-order chi connectivity index (χ0) is 18.6. The van der Waals surface area contributed by atoms with Crippen LogP contribution >= 0.6 is 0 Å². The van der Waals surface area contributed by atoms with E-state index in [1.54, 1.807) is 6.08 Å². The smallest absolute Gasteiger partial charge is 0.197 e. The zero-order valence-electron chi connectivity index (χ0n) is 14.1. The van der Waals surface area contributed by atoms with E-state index in [1.165, 1.54) is 30.3 Å². The number of phenols is 3. The Morgan fingerprint density at radius 3 is 2.46 bits per heavy atom. The molecular weight excluding hydrogens is 336 g/mol. The van der Waals surface area contributed by atoms with Gasteiger partial charge in [0.1, 0.15) is 28.2 Å². The predicted octanol–water partition coefficient (Wildman–Crippen LogP) is 3.76. The molecule has 4 rings (SSSR count). The third kappa shape index (κ3) is 2.47. The molecule has 0 saturated carbocycles. The van der Waals surface area contributed by atoms with E-state index in [-0.39, 0.29) is 34.0 Å². The van der Waals surface area contributed by atoms with Gasteiger partial charge in [-0.1, -0.05) is 0 Å². The van der Waals surface area contributed by atoms with Crippen LogP contribution in [0.5, 0.6) is 23.0 Å². The first-order valence-electron chi connectivity index (χ1n) is 7.99. The van der Waals surface area contributed by atoms with Crippen molar-refractivity contribution < 1.29 is 24.5 Å². The minimum absolute atomic E-state index is 0.0588. The fraction of sp³-hybridized carbons (Fsp3) is 0.150. The number of hydrogen-bond donors (Lipinski definition) is 3. The minimum Gasteiger partial charge on any atom is -0.507 e. The highest BCUT2D eigenvalue weighted by Gasteiger charge is 2.26. The second-order valence-corrected chi connectivity index (χ2v) is 6.73. The Bertz CT molecular complexity index is 1140. The van der Waals surface area contributed by atoms with Crippen molar-refractivity contribution in [2.45, 2.75) is 19.4 Å². The Kier molecular flexibility index (Phi) is 3.27. The first-order valence-corrected chi connectivity index (χ1v) is 7.99. The maximum Gasteiger partial charge on any atom is 0.197 e. The highest BCUT2D eigenvalue weighted by molar-refractivity contribution is 5.94. The molecule has 0 unspecified atom stereocenters. The van der Waals surface area contributed by atoms with Crippen LogP contribution in [0.25, 0.3) is 28.4 Å². The van der Waals surface area contributed by atoms with Crippen molar-refractivity contribution in [1.29, 1.82) is 0 Å². The molecule has 2 heterocycles. The van der Waals surface area contributed by atoms with Gasteiger partial charge >= 0.3 is 0 Å². The van der Waals surface area contributed by atoms with Crippen molar-refractivity contribution in [3.8, 4) is 34.3 Å². The molecule has 26 heavy (non-hydrogen) atoms. The van der Waals surface area contributed by atoms with Crippen LogP contribution in [0.1, 0.15) is 19.4 Å². The van der Waals surface area contributed by atoms with Gasteiger partial charge in [-0.3, -0.25) is 4.79 Å². The molecule has 0 bridgehead atoms. The van der Waals surface area contributed by atoms with Gasteiger partial charge in [-0.25, -0.2) is 0 Å². The summed E-state index contributed by atoms with van der Waals surface area (Å²) in [6.07, 6.45) is 3.63. The summed E-state index contributed by atoms with van der Waals surface area (Å²) in [5.41, 5.74) is 0.194. The molecule has 0 radical (unpaired) electrons. The summed E-state index contributed by atoms with van der Waals surface area (Å²) in [5.74, 6) is -0.211. The summed E-state index contributed by atoms with van der Waals surface area (Å²) in [7, 11) is 0. The number of ether oxygens (including phenoxy) is 1. The van der Waals surface area contributed by atoms with E-state index in [1.807, 2.05) is 19.9 Å². The van der Waals surface area contributed by atoms with Gasteiger partial charge < -0.3 is 24.5 Å². The quantitative estimate of drug-likeness (QED) is 0.577. The lowest BCUT2D eigenvalue weighted by Crippen LogP contribution is -2.27. The van der Waals surface area contributed by atoms with Gasteiger partial charge in [0.15, 0.2) is 22.5 Å². The molecule has 0 fully saturated rings. The van der Waals surface area contributed by atoms with Crippen LogP contribution in [0.3, 0.4) is 0 Å². The van der Waals surface area contributed by atoms with Gasteiger partial charge in [-0.15, -0.1) is 0 Å². The molecule has 0 saturated heterocycles. The Morgan fingerprint density at radius 1 is 0.962 bits per heavy atom. The van der Waals surface area contributed by atoms with Crippen LogP contribution in [0.2, 0.25) is 0 Å². The zero-order valence-corrected chi connectivity index (χ0v) is 14.1. The summed E-state index contributed by atoms with van der Waals surface area (Å²) in [6, 6.07) is 6.76. The van der Waals surface area contributed by atoms with Crippen LogP contribution in [0.4, 0.5) is 0 Å². The van der Waals surface area contributed by atoms with E-state index in [2.05, 4.69) is 0 Å². The fourth-order valence-corrected chi connectivity index (χ4v) is 2.97. The second kappa shape index (κ2) is 5.29. The summed E-state index contributed by atoms with van der Waals surface area (Å²) in [6.45, 7) is 3.75. The standard InChI is InChI=1S/C20H16O6/c1-20(2)6-5-11-17(26-20)9-15(24)18-14(23)8-16(25-19(11)18)10-3-4-12(21)13(22)7-10/h3-9,21-22,24H,1-2H3. The minimum atomic E-state index is -0.548. The lowest BCUT2D eigenvalue weighted by molar-refractivity contribution is 0.158. The Balaban J connectivity index is 2.02. The van der Waals surface area contributed by atoms with Crippen LogP contribution in [-0.2, 0) is 0 Å². The molecule has 0 spiro atoms. The highest BCUT2D eigenvalue weighted by atomic mass is 16.5. The summed E-state index contributed by atoms with van der Waals surface area (Å²) in [4.78, 5) is 12.6. The molecule has 1 aliphatic rings. The van der Waals surface area contributed by atoms with Crippen LogP contribution in [-0.4, -0.2) is 20.9 Å². The average Bonchev–Trinajstić information content (AvgIpc) is 2.55. The Hall–Kier alpha value is -3.41. The van der Waals surface area contributed by atoms with Crippen molar-refractivity contribution in [2.24, 2.45) is 0 Å². The number of benzene rings is 2. The number of fused-ring (bicyclic) bond motifs is 3. The predicted molar refractivity (Wildman–Crippen MR) is 96.7 cm³/mol. The van der Waals surface area contributed by atoms with E-state index < -0.39 is 11.0 Å². The molecule has 0 amide bonds. The summed E-state index contributed by atoms with van der Waals surface area (Å²) in [5, 5.41) is 29.5. The van der Waals surface area contributed by atoms with Gasteiger partial charge in [0.05, 0.1) is 5.56 Å². The van der Waals surface area contributed by atoms with Crippen molar-refractivity contribution >= 4 is 17.0 Å². The molecular formula is C20H16O6. The highest BCUT2D eigenvalue weighted by Crippen LogP contribution is 2.41. The number of phenolic OH excluding ortho intramolecular Hbond substituents is 3. The van der Waals surface area contributed by atoms with Gasteiger partial charge in [-0.05, 0) is 44.2 Å². The summed E-state index contributed by atoms with van der Waals surface area (Å²) < 4.78 is 11.7. The van der Waals surface area contributed by atoms with Gasteiger partial charge in [-0.2, -0.15) is 0 Å². The number of rotatable bonds is 1. The number of hydrogen-bond acceptors (Lipinski definition) is 6. The van der Waals surface area contributed by atoms with Gasteiger partial charge in [0.25, 0.3) is 0 Å². The third-order valence-electron chi connectivity index (χ3n) is 4.27. The molecule has 3 aromatic rings. The normalized spacial score (nSPS) is 14.8. The van der Waals surface area contributed by atoms with Gasteiger partial charge in [0, 0.05) is 17.7 Å². The third-order valence-corrected chi connectivity index (χ3v) is 4.27. The first kappa shape index (κ1) is 16.1. The fourth-order valence-electron chi connectivity index (χ4n) is 2.97. The molecule has 2 aromatic carbocycles. The Morgan fingerprint density at radius 2 is 1.73 bits per heavy atom. The largest absolute Gasteiger partial charge is 0.507 e. The maximum atomic E-state index is 12.6. The van der Waals surface area contributed by atoms with E-state index in [0.29, 0.717) is 16.9 Å². The van der Waals surface area contributed by atoms with E-state index in [9.17, 15) is 20.1 Å². The first-order chi connectivity index (χ1) is 12.2. The van der Waals surface area contributed by atoms with Crippen molar-refractivity contribution in [1.82, 2.24) is 0 Å². The molecule has 3 N–H and O–H groups in total. The molecule has 132 valence electrons. The second-order valence-electron chi connectivity index (χ2n) is 6.73. The van der Waals surface area contributed by atoms with Crippen molar-refractivity contribution in [3.05, 3.63) is 52.2 Å². The molecule has 0 atom stereocenters. The maximum absolute atomic E-state index is 12.6. The van der Waals surface area contributed by atoms with Crippen LogP contribution in [0.15, 0.2) is 45.6 Å². The molecule has 6 heteroatoms. The van der Waals surface area contributed by atoms with E-state index in [4.69, 9.17) is 9.15 Å². The van der Waals surface area contributed by atoms with E-state index >= 15 is 0 Å². The average molecular weight is 352 g/mol. The Labute approximate surface area is 148 Å². The summed E-state index contributed by atoms with van der Waals surface area (Å²) >= 11 is 0. The van der Waals surface area contributed by atoms with Crippen molar-refractivity contribution in [3.63, 3.8) is 0 Å². The lowest BCUT2D eigenvalue weighted by atomic mass is 9.99. The topological polar surface area (TPSA) is 100 Å². The lowest BCUT2D eigenvalue weighted by Gasteiger charge is -2.28. The monoisotopic (exact) mass is 352 g/mol. The van der Waals surface area contributed by atoms with Gasteiger partial charge in [0.2, 0.25) is 0 Å². The number of aromatic hydroxyl groups is 3.